The van der Waals surface area contributed by atoms with Crippen molar-refractivity contribution in [2.45, 2.75) is 88.7 Å². The van der Waals surface area contributed by atoms with Gasteiger partial charge in [0, 0.05) is 95.2 Å². The maximum Gasteiger partial charge on any atom is 0.434 e. The van der Waals surface area contributed by atoms with Gasteiger partial charge in [-0.05, 0) is 165 Å². The normalized spacial score (nSPS) is 15.8. The number of carbonyl (C=O) groups is 2. The molecule has 1 unspecified atom stereocenters. The van der Waals surface area contributed by atoms with Crippen molar-refractivity contribution < 1.29 is 59.0 Å². The van der Waals surface area contributed by atoms with Crippen LogP contribution in [0, 0.1) is 23.0 Å². The Kier molecular flexibility index (Phi) is 16.3. The Balaban J connectivity index is 0.000000172. The number of aromatic nitrogens is 4. The lowest BCUT2D eigenvalue weighted by Crippen LogP contribution is -2.40. The van der Waals surface area contributed by atoms with E-state index in [-0.39, 0.29) is 28.9 Å². The van der Waals surface area contributed by atoms with Crippen LogP contribution in [0.4, 0.5) is 11.6 Å². The molecule has 21 nitrogen and oxygen atoms in total. The number of aromatic hydroxyl groups is 4. The first-order valence-electron chi connectivity index (χ1n) is 29.0. The number of piperidine rings is 1. The number of ether oxygens (including phenoxy) is 4. The van der Waals surface area contributed by atoms with Gasteiger partial charge in [-0.15, -0.1) is 0 Å². The number of hydrogen-bond donors (Lipinski definition) is 7. The molecule has 7 heterocycles. The Bertz CT molecular complexity index is 3960. The highest BCUT2D eigenvalue weighted by atomic mass is 32.1. The fourth-order valence-electron chi connectivity index (χ4n) is 12.6. The van der Waals surface area contributed by atoms with Crippen LogP contribution in [0.25, 0.3) is 0 Å². The number of imidazole rings is 2. The summed E-state index contributed by atoms with van der Waals surface area (Å²) in [5, 5.41) is 68.6. The van der Waals surface area contributed by atoms with Crippen LogP contribution in [-0.2, 0) is 40.2 Å². The number of likely N-dealkylation sites (tertiary alicyclic amines) is 1. The lowest BCUT2D eigenvalue weighted by Gasteiger charge is -2.36. The largest absolute Gasteiger partial charge is 0.508 e. The molecule has 6 aromatic carbocycles. The van der Waals surface area contributed by atoms with Crippen molar-refractivity contribution in [2.75, 3.05) is 31.5 Å². The molecule has 0 aliphatic carbocycles. The van der Waals surface area contributed by atoms with Gasteiger partial charge in [0.2, 0.25) is 0 Å². The van der Waals surface area contributed by atoms with Gasteiger partial charge in [-0.25, -0.2) is 19.1 Å². The second kappa shape index (κ2) is 24.4. The smallest absolute Gasteiger partial charge is 0.434 e. The number of phenolic OH excluding ortho intramolecular Hbond substituents is 4. The highest BCUT2D eigenvalue weighted by molar-refractivity contribution is 7.80. The fraction of sp³-hybridized carbons (Fsp3) is 0.292. The third kappa shape index (κ3) is 11.6. The number of unbranched alkanes of at least 4 members (excludes halogenated alkanes) is 2. The van der Waals surface area contributed by atoms with Crippen LogP contribution < -0.4 is 20.1 Å². The topological polar surface area (TPSA) is 278 Å². The number of nitrogens with one attached hydrogen (secondary N) is 2. The quantitative estimate of drug-likeness (QED) is 0.0147. The Morgan fingerprint density at radius 1 is 0.682 bits per heavy atom. The zero-order valence-electron chi connectivity index (χ0n) is 47.8. The van der Waals surface area contributed by atoms with Crippen molar-refractivity contribution in [1.82, 2.24) is 29.3 Å². The molecule has 2 spiro atoms. The Morgan fingerprint density at radius 2 is 1.20 bits per heavy atom. The number of thiocarbonyl (C=S) groups is 2. The van der Waals surface area contributed by atoms with E-state index in [1.807, 2.05) is 35.9 Å². The van der Waals surface area contributed by atoms with E-state index in [9.17, 15) is 45.2 Å². The van der Waals surface area contributed by atoms with Gasteiger partial charge in [0.15, 0.2) is 16.3 Å². The van der Waals surface area contributed by atoms with Crippen LogP contribution in [-0.4, -0.2) is 109 Å². The highest BCUT2D eigenvalue weighted by Gasteiger charge is 2.55. The molecule has 1 saturated heterocycles. The molecule has 5 aliphatic heterocycles. The van der Waals surface area contributed by atoms with Crippen molar-refractivity contribution in [3.05, 3.63) is 200 Å². The van der Waals surface area contributed by atoms with E-state index in [4.69, 9.17) is 43.4 Å². The van der Waals surface area contributed by atoms with Crippen LogP contribution >= 0.6 is 24.4 Å². The predicted octanol–water partition coefficient (Wildman–Crippen LogP) is 10.6. The average molecular weight is 1230 g/mol. The fourth-order valence-corrected chi connectivity index (χ4v) is 13.1. The molecule has 5 aliphatic rings. The minimum atomic E-state index is -1.33. The first kappa shape index (κ1) is 58.9. The van der Waals surface area contributed by atoms with Crippen LogP contribution in [0.3, 0.4) is 0 Å². The van der Waals surface area contributed by atoms with Crippen LogP contribution in [0.1, 0.15) is 110 Å². The van der Waals surface area contributed by atoms with E-state index in [0.717, 1.165) is 74.3 Å². The molecular weight excluding hydrogens is 1160 g/mol. The predicted molar refractivity (Wildman–Crippen MR) is 331 cm³/mol. The number of nitrogens with zero attached hydrogens (tertiary/aromatic N) is 6. The number of phenols is 4. The molecule has 13 rings (SSSR count). The first-order valence-corrected chi connectivity index (χ1v) is 29.8. The Morgan fingerprint density at radius 3 is 1.75 bits per heavy atom. The number of nitro groups is 1. The maximum atomic E-state index is 13.4. The highest BCUT2D eigenvalue weighted by Crippen LogP contribution is 2.59. The molecule has 2 aromatic heterocycles. The van der Waals surface area contributed by atoms with E-state index in [1.165, 1.54) is 47.2 Å². The molecular formula is C65H62N8O13S2. The number of rotatable bonds is 17. The van der Waals surface area contributed by atoms with E-state index in [2.05, 4.69) is 25.5 Å². The summed E-state index contributed by atoms with van der Waals surface area (Å²) in [6, 6.07) is 29.8. The van der Waals surface area contributed by atoms with Gasteiger partial charge in [0.05, 0.1) is 30.3 Å². The molecule has 0 amide bonds. The van der Waals surface area contributed by atoms with E-state index in [0.29, 0.717) is 117 Å². The van der Waals surface area contributed by atoms with Crippen molar-refractivity contribution in [1.29, 1.82) is 0 Å². The van der Waals surface area contributed by atoms with Gasteiger partial charge < -0.3 is 74.7 Å². The number of β-amino-alcohol motifs (C(OH)–C–C–N with tert-alkyl or cyclic N) is 1. The summed E-state index contributed by atoms with van der Waals surface area (Å²) in [5.41, 5.74) is 3.36. The SMILES string of the molecule is Cc1nccn1CC(O)CN1CCC(CCC(=S)Cc2ccc3c(c2)C(=O)OC32c3ccc(O)cc3Oc3cc(O)ccc32)CC1.O=C1OC2(c3ccc(O)cc3Oc3cc(O)ccc32)c2ccc(NC(=S)NCCCCCn3ccnc3[N+](=O)[O-])cc21. The zero-order valence-corrected chi connectivity index (χ0v) is 49.4. The van der Waals surface area contributed by atoms with E-state index < -0.39 is 34.2 Å². The monoisotopic (exact) mass is 1230 g/mol. The third-order valence-corrected chi connectivity index (χ3v) is 17.4. The number of aryl methyl sites for hydroxylation is 2. The van der Waals surface area contributed by atoms with E-state index in [1.54, 1.807) is 67.0 Å². The summed E-state index contributed by atoms with van der Waals surface area (Å²) in [7, 11) is 0. The number of esters is 2. The number of aliphatic hydroxyl groups excluding tert-OH is 1. The number of carbonyl (C=O) groups excluding carboxylic acids is 2. The summed E-state index contributed by atoms with van der Waals surface area (Å²) in [4.78, 5) is 48.5. The lowest BCUT2D eigenvalue weighted by molar-refractivity contribution is -0.396. The van der Waals surface area contributed by atoms with Gasteiger partial charge in [-0.1, -0.05) is 35.4 Å². The number of fused-ring (bicyclic) bond motifs is 12. The second-order valence-corrected chi connectivity index (χ2v) is 23.6. The second-order valence-electron chi connectivity index (χ2n) is 22.6. The van der Waals surface area contributed by atoms with E-state index >= 15 is 0 Å². The minimum absolute atomic E-state index is 0.0141. The minimum Gasteiger partial charge on any atom is -0.508 e. The molecule has 0 saturated carbocycles. The Labute approximate surface area is 515 Å². The number of anilines is 1. The zero-order chi connectivity index (χ0) is 61.4. The first-order chi connectivity index (χ1) is 42.4. The van der Waals surface area contributed by atoms with Crippen LogP contribution in [0.5, 0.6) is 46.0 Å². The summed E-state index contributed by atoms with van der Waals surface area (Å²) in [6.45, 7) is 6.23. The number of benzene rings is 6. The summed E-state index contributed by atoms with van der Waals surface area (Å²) in [5.74, 6) is 1.72. The van der Waals surface area contributed by atoms with Gasteiger partial charge in [0.25, 0.3) is 0 Å². The third-order valence-electron chi connectivity index (χ3n) is 16.8. The molecule has 1 atom stereocenters. The number of hydrogen-bond acceptors (Lipinski definition) is 18. The van der Waals surface area contributed by atoms with Gasteiger partial charge in [-0.3, -0.25) is 0 Å². The molecule has 1 fully saturated rings. The van der Waals surface area contributed by atoms with Crippen molar-refractivity contribution in [3.8, 4) is 46.0 Å². The van der Waals surface area contributed by atoms with Gasteiger partial charge in [-0.2, -0.15) is 0 Å². The number of aliphatic hydroxyl groups is 1. The summed E-state index contributed by atoms with van der Waals surface area (Å²) >= 11 is 11.3. The molecule has 8 aromatic rings. The van der Waals surface area contributed by atoms with Crippen LogP contribution in [0.2, 0.25) is 0 Å². The lowest BCUT2D eigenvalue weighted by atomic mass is 9.77. The average Bonchev–Trinajstić information content (AvgIpc) is 1.45. The van der Waals surface area contributed by atoms with Gasteiger partial charge >= 0.3 is 17.9 Å². The van der Waals surface area contributed by atoms with Crippen molar-refractivity contribution in [3.63, 3.8) is 0 Å². The van der Waals surface area contributed by atoms with Crippen molar-refractivity contribution >= 4 is 58.0 Å². The van der Waals surface area contributed by atoms with Crippen LogP contribution in [0.15, 0.2) is 134 Å². The summed E-state index contributed by atoms with van der Waals surface area (Å²) in [6.07, 6.45) is 13.3. The maximum absolute atomic E-state index is 13.4. The summed E-state index contributed by atoms with van der Waals surface area (Å²) < 4.78 is 27.8. The van der Waals surface area contributed by atoms with Crippen molar-refractivity contribution in [2.24, 2.45) is 5.92 Å². The molecule has 452 valence electrons. The van der Waals surface area contributed by atoms with Gasteiger partial charge in [0.1, 0.15) is 64.2 Å². The molecule has 0 radical (unpaired) electrons. The molecule has 88 heavy (non-hydrogen) atoms. The standard InChI is InChI=1S/C36H37N3O6S.C29H25N5O7S/c1-22-37-12-15-39(22)21-27(42)20-38-13-10-23(11-14-38)2-6-28(46)16-24-3-7-30-29(17-24)35(43)45-36(30)31-8-4-25(40)18-33(31)44-34-19-26(41)5-9-32(34)36;35-18-5-8-22-24(15-18)40-25-16-19(36)6-9-23(25)29(22)21-7-4-17(14-20(21)26(37)41-29)32-27(42)30-10-2-1-3-12-33-13-11-31-28(33)34(38)39/h3-5,7-9,12,15,17-19,23,27,40-42H,2,6,10-11,13-14,16,20-21H2,1H3;4-9,11,13-16,35-36H,1-3,10,12H2,(H2,30,32,42). The molecule has 23 heteroatoms. The molecule has 0 bridgehead atoms. The molecule has 7 N–H and O–H groups in total. The Hall–Kier alpha value is -9.42.